The fraction of sp³-hybridized carbons (Fsp3) is 0.375. The van der Waals surface area contributed by atoms with Crippen LogP contribution in [0.25, 0.3) is 0 Å². The summed E-state index contributed by atoms with van der Waals surface area (Å²) in [4.78, 5) is 46.0. The van der Waals surface area contributed by atoms with Crippen molar-refractivity contribution in [2.45, 2.75) is 19.6 Å². The smallest absolute Gasteiger partial charge is 0.328 e. The molecule has 0 saturated heterocycles. The van der Waals surface area contributed by atoms with Gasteiger partial charge in [-0.15, -0.1) is 0 Å². The lowest BCUT2D eigenvalue weighted by Crippen LogP contribution is -2.46. The molecule has 0 saturated carbocycles. The van der Waals surface area contributed by atoms with E-state index in [9.17, 15) is 19.2 Å². The summed E-state index contributed by atoms with van der Waals surface area (Å²) in [6.45, 7) is -0.192. The number of nitrogens with zero attached hydrogens (tertiary/aromatic N) is 1. The second-order valence-electron chi connectivity index (χ2n) is 5.32. The summed E-state index contributed by atoms with van der Waals surface area (Å²) in [7, 11) is 0. The van der Waals surface area contributed by atoms with Crippen LogP contribution in [0, 0.1) is 0 Å². The molecule has 0 aliphatic heterocycles. The van der Waals surface area contributed by atoms with Gasteiger partial charge in [0.1, 0.15) is 12.6 Å². The Morgan fingerprint density at radius 1 is 1.04 bits per heavy atom. The lowest BCUT2D eigenvalue weighted by atomic mass is 10.2. The molecule has 1 aromatic carbocycles. The quantitative estimate of drug-likeness (QED) is 0.489. The maximum absolute atomic E-state index is 11.9. The maximum atomic E-state index is 11.9. The van der Waals surface area contributed by atoms with Crippen molar-refractivity contribution in [1.82, 2.24) is 10.2 Å². The van der Waals surface area contributed by atoms with Crippen LogP contribution in [0.15, 0.2) is 30.3 Å². The lowest BCUT2D eigenvalue weighted by Gasteiger charge is -2.19. The number of nitrogens with one attached hydrogen (secondary N) is 1. The zero-order chi connectivity index (χ0) is 18.8. The summed E-state index contributed by atoms with van der Waals surface area (Å²) in [5, 5.41) is 19.8. The molecule has 25 heavy (non-hydrogen) atoms. The second-order valence-corrected chi connectivity index (χ2v) is 5.32. The highest BCUT2D eigenvalue weighted by atomic mass is 16.5. The average molecular weight is 352 g/mol. The molecule has 0 aromatic heterocycles. The minimum absolute atomic E-state index is 0.0596. The molecule has 3 N–H and O–H groups in total. The fourth-order valence-electron chi connectivity index (χ4n) is 1.95. The standard InChI is InChI=1S/C16H20N2O7/c1-11(16(24)25-10-12-5-3-2-4-6-12)17-13(19)7-18(8-14(20)21)9-15(22)23/h2-6,11H,7-10H2,1H3,(H,17,19)(H,20,21)(H,22,23)/t11-/m1/s1. The van der Waals surface area contributed by atoms with Gasteiger partial charge in [0.05, 0.1) is 19.6 Å². The number of carbonyl (C=O) groups excluding carboxylic acids is 2. The predicted molar refractivity (Wildman–Crippen MR) is 85.6 cm³/mol. The van der Waals surface area contributed by atoms with Gasteiger partial charge in [-0.25, -0.2) is 4.79 Å². The molecular formula is C16H20N2O7. The Morgan fingerprint density at radius 3 is 2.12 bits per heavy atom. The van der Waals surface area contributed by atoms with Crippen LogP contribution in [0.5, 0.6) is 0 Å². The monoisotopic (exact) mass is 352 g/mol. The first-order chi connectivity index (χ1) is 11.8. The van der Waals surface area contributed by atoms with E-state index >= 15 is 0 Å². The van der Waals surface area contributed by atoms with Crippen molar-refractivity contribution in [2.24, 2.45) is 0 Å². The number of carbonyl (C=O) groups is 4. The van der Waals surface area contributed by atoms with Crippen molar-refractivity contribution in [3.8, 4) is 0 Å². The van der Waals surface area contributed by atoms with E-state index in [4.69, 9.17) is 14.9 Å². The van der Waals surface area contributed by atoms with E-state index < -0.39 is 49.5 Å². The van der Waals surface area contributed by atoms with Gasteiger partial charge in [0.2, 0.25) is 5.91 Å². The highest BCUT2D eigenvalue weighted by Gasteiger charge is 2.21. The summed E-state index contributed by atoms with van der Waals surface area (Å²) < 4.78 is 5.07. The normalized spacial score (nSPS) is 11.6. The first kappa shape index (κ1) is 20.1. The molecule has 136 valence electrons. The summed E-state index contributed by atoms with van der Waals surface area (Å²) in [6.07, 6.45) is 0. The average Bonchev–Trinajstić information content (AvgIpc) is 2.51. The van der Waals surface area contributed by atoms with Crippen LogP contribution in [-0.4, -0.2) is 64.6 Å². The Balaban J connectivity index is 2.46. The van der Waals surface area contributed by atoms with Crippen molar-refractivity contribution >= 4 is 23.8 Å². The topological polar surface area (TPSA) is 133 Å². The Labute approximate surface area is 144 Å². The first-order valence-corrected chi connectivity index (χ1v) is 7.43. The number of benzene rings is 1. The molecule has 1 atom stereocenters. The van der Waals surface area contributed by atoms with Crippen LogP contribution >= 0.6 is 0 Å². The molecule has 1 rings (SSSR count). The van der Waals surface area contributed by atoms with Gasteiger partial charge in [-0.2, -0.15) is 0 Å². The molecule has 0 aliphatic carbocycles. The number of rotatable bonds is 10. The Kier molecular flexibility index (Phi) is 8.07. The molecule has 0 heterocycles. The van der Waals surface area contributed by atoms with Gasteiger partial charge in [0.25, 0.3) is 0 Å². The maximum Gasteiger partial charge on any atom is 0.328 e. The highest BCUT2D eigenvalue weighted by molar-refractivity contribution is 5.86. The van der Waals surface area contributed by atoms with Crippen molar-refractivity contribution in [3.63, 3.8) is 0 Å². The van der Waals surface area contributed by atoms with E-state index in [1.807, 2.05) is 6.07 Å². The largest absolute Gasteiger partial charge is 0.480 e. The molecule has 0 fully saturated rings. The second kappa shape index (κ2) is 10.0. The zero-order valence-corrected chi connectivity index (χ0v) is 13.7. The van der Waals surface area contributed by atoms with E-state index in [-0.39, 0.29) is 6.61 Å². The van der Waals surface area contributed by atoms with Gasteiger partial charge in [0.15, 0.2) is 0 Å². The van der Waals surface area contributed by atoms with Crippen LogP contribution in [0.4, 0.5) is 0 Å². The van der Waals surface area contributed by atoms with Gasteiger partial charge >= 0.3 is 17.9 Å². The minimum Gasteiger partial charge on any atom is -0.480 e. The molecule has 1 aromatic rings. The van der Waals surface area contributed by atoms with E-state index in [2.05, 4.69) is 5.32 Å². The van der Waals surface area contributed by atoms with Gasteiger partial charge < -0.3 is 20.3 Å². The molecule has 1 amide bonds. The number of esters is 1. The number of ether oxygens (including phenoxy) is 1. The molecule has 0 spiro atoms. The number of carboxylic acid groups (broad SMARTS) is 2. The summed E-state index contributed by atoms with van der Waals surface area (Å²) >= 11 is 0. The molecule has 0 aliphatic rings. The van der Waals surface area contributed by atoms with Crippen LogP contribution in [0.3, 0.4) is 0 Å². The molecular weight excluding hydrogens is 332 g/mol. The van der Waals surface area contributed by atoms with E-state index in [1.165, 1.54) is 6.92 Å². The fourth-order valence-corrected chi connectivity index (χ4v) is 1.95. The van der Waals surface area contributed by atoms with Gasteiger partial charge in [0, 0.05) is 0 Å². The molecule has 9 nitrogen and oxygen atoms in total. The predicted octanol–water partition coefficient (Wildman–Crippen LogP) is -0.294. The van der Waals surface area contributed by atoms with Crippen molar-refractivity contribution in [3.05, 3.63) is 35.9 Å². The molecule has 0 bridgehead atoms. The van der Waals surface area contributed by atoms with Crippen LogP contribution in [0.1, 0.15) is 12.5 Å². The van der Waals surface area contributed by atoms with Crippen molar-refractivity contribution < 1.29 is 34.1 Å². The van der Waals surface area contributed by atoms with E-state index in [0.29, 0.717) is 0 Å². The third kappa shape index (κ3) is 8.47. The number of aliphatic carboxylic acids is 2. The number of hydrogen-bond donors (Lipinski definition) is 3. The SMILES string of the molecule is C[C@@H](NC(=O)CN(CC(=O)O)CC(=O)O)C(=O)OCc1ccccc1. The molecule has 0 unspecified atom stereocenters. The summed E-state index contributed by atoms with van der Waals surface area (Å²) in [5.41, 5.74) is 0.795. The van der Waals surface area contributed by atoms with Gasteiger partial charge in [-0.1, -0.05) is 30.3 Å². The lowest BCUT2D eigenvalue weighted by molar-refractivity contribution is -0.149. The van der Waals surface area contributed by atoms with Crippen molar-refractivity contribution in [1.29, 1.82) is 0 Å². The van der Waals surface area contributed by atoms with Crippen LogP contribution < -0.4 is 5.32 Å². The first-order valence-electron chi connectivity index (χ1n) is 7.43. The Bertz CT molecular complexity index is 602. The number of amides is 1. The Hall–Kier alpha value is -2.94. The third-order valence-corrected chi connectivity index (χ3v) is 3.04. The highest BCUT2D eigenvalue weighted by Crippen LogP contribution is 2.02. The van der Waals surface area contributed by atoms with Gasteiger partial charge in [-0.05, 0) is 12.5 Å². The third-order valence-electron chi connectivity index (χ3n) is 3.04. The van der Waals surface area contributed by atoms with Crippen LogP contribution in [0.2, 0.25) is 0 Å². The number of carboxylic acids is 2. The summed E-state index contributed by atoms with van der Waals surface area (Å²) in [5.74, 6) is -3.85. The Morgan fingerprint density at radius 2 is 1.60 bits per heavy atom. The number of hydrogen-bond acceptors (Lipinski definition) is 6. The zero-order valence-electron chi connectivity index (χ0n) is 13.7. The molecule has 0 radical (unpaired) electrons. The minimum atomic E-state index is -1.26. The summed E-state index contributed by atoms with van der Waals surface area (Å²) in [6, 6.07) is 8.04. The van der Waals surface area contributed by atoms with Crippen LogP contribution in [-0.2, 0) is 30.5 Å². The van der Waals surface area contributed by atoms with Gasteiger partial charge in [-0.3, -0.25) is 19.3 Å². The van der Waals surface area contributed by atoms with Crippen molar-refractivity contribution in [2.75, 3.05) is 19.6 Å². The van der Waals surface area contributed by atoms with E-state index in [1.54, 1.807) is 24.3 Å². The van der Waals surface area contributed by atoms with E-state index in [0.717, 1.165) is 10.5 Å². The molecule has 9 heteroatoms.